The molecule has 0 bridgehead atoms. The third-order valence-electron chi connectivity index (χ3n) is 7.05. The zero-order chi connectivity index (χ0) is 27.0. The van der Waals surface area contributed by atoms with Gasteiger partial charge in [0.15, 0.2) is 0 Å². The molecule has 4 aromatic rings. The van der Waals surface area contributed by atoms with Gasteiger partial charge in [-0.3, -0.25) is 9.36 Å². The molecule has 1 fully saturated rings. The number of amides is 1. The predicted octanol–water partition coefficient (Wildman–Crippen LogP) is 5.22. The lowest BCUT2D eigenvalue weighted by molar-refractivity contribution is -0.125. The Morgan fingerprint density at radius 2 is 1.77 bits per heavy atom. The molecule has 1 aliphatic heterocycles. The highest BCUT2D eigenvalue weighted by molar-refractivity contribution is 7.17. The van der Waals surface area contributed by atoms with Crippen LogP contribution in [0.3, 0.4) is 0 Å². The smallest absolute Gasteiger partial charge is 0.223 e. The number of hydrogen-bond donors (Lipinski definition) is 2. The van der Waals surface area contributed by atoms with Gasteiger partial charge in [-0.1, -0.05) is 41.2 Å². The molecule has 0 spiro atoms. The normalized spacial score (nSPS) is 13.8. The fourth-order valence-corrected chi connectivity index (χ4v) is 5.69. The van der Waals surface area contributed by atoms with Gasteiger partial charge < -0.3 is 20.3 Å². The lowest BCUT2D eigenvalue weighted by Crippen LogP contribution is -2.41. The van der Waals surface area contributed by atoms with Crippen LogP contribution in [0.1, 0.15) is 36.6 Å². The highest BCUT2D eigenvalue weighted by Gasteiger charge is 2.26. The first kappa shape index (κ1) is 26.7. The van der Waals surface area contributed by atoms with Crippen molar-refractivity contribution in [1.29, 1.82) is 0 Å². The Morgan fingerprint density at radius 1 is 1.03 bits per heavy atom. The van der Waals surface area contributed by atoms with Crippen molar-refractivity contribution < 1.29 is 9.53 Å². The number of ether oxygens (including phenoxy) is 1. The van der Waals surface area contributed by atoms with E-state index in [1.54, 1.807) is 11.3 Å². The summed E-state index contributed by atoms with van der Waals surface area (Å²) in [5.74, 6) is 1.09. The maximum Gasteiger partial charge on any atom is 0.223 e. The first-order chi connectivity index (χ1) is 19.1. The molecule has 39 heavy (non-hydrogen) atoms. The quantitative estimate of drug-likeness (QED) is 0.269. The summed E-state index contributed by atoms with van der Waals surface area (Å²) in [7, 11) is 0. The molecule has 8 nitrogen and oxygen atoms in total. The molecule has 2 N–H and O–H groups in total. The number of rotatable bonds is 11. The van der Waals surface area contributed by atoms with E-state index in [1.807, 2.05) is 43.5 Å². The predicted molar refractivity (Wildman–Crippen MR) is 157 cm³/mol. The summed E-state index contributed by atoms with van der Waals surface area (Å²) >= 11 is 1.58. The van der Waals surface area contributed by atoms with Crippen molar-refractivity contribution >= 4 is 28.1 Å². The summed E-state index contributed by atoms with van der Waals surface area (Å²) in [6.45, 7) is 7.68. The number of carbonyl (C=O) groups is 1. The topological polar surface area (TPSA) is 84.3 Å². The minimum Gasteiger partial charge on any atom is -0.494 e. The van der Waals surface area contributed by atoms with E-state index >= 15 is 0 Å². The lowest BCUT2D eigenvalue weighted by atomic mass is 9.96. The Kier molecular flexibility index (Phi) is 8.78. The molecule has 0 atom stereocenters. The molecule has 3 heterocycles. The van der Waals surface area contributed by atoms with E-state index in [4.69, 9.17) is 4.74 Å². The van der Waals surface area contributed by atoms with Gasteiger partial charge in [0.25, 0.3) is 0 Å². The van der Waals surface area contributed by atoms with E-state index in [2.05, 4.69) is 67.6 Å². The third kappa shape index (κ3) is 6.97. The van der Waals surface area contributed by atoms with Crippen molar-refractivity contribution in [2.45, 2.75) is 39.7 Å². The Labute approximate surface area is 234 Å². The van der Waals surface area contributed by atoms with Crippen LogP contribution in [0.25, 0.3) is 5.13 Å². The number of aromatic nitrogens is 3. The standard InChI is InChI=1S/C30H36N6O2S/c1-3-38-27-12-10-25(11-13-27)32-21-26-5-4-18-36(26)30-34-33-29(39-30)35-19-15-24(16-20-35)28(37)31-17-14-23-8-6-22(2)7-9-23/h4-13,18,24,32H,3,14-17,19-21H2,1-2H3,(H,31,37). The molecule has 1 amide bonds. The molecule has 0 saturated carbocycles. The summed E-state index contributed by atoms with van der Waals surface area (Å²) in [4.78, 5) is 15.0. The van der Waals surface area contributed by atoms with Crippen molar-refractivity contribution in [2.75, 3.05) is 36.5 Å². The van der Waals surface area contributed by atoms with Crippen LogP contribution < -0.4 is 20.3 Å². The average Bonchev–Trinajstić information content (AvgIpc) is 3.64. The first-order valence-electron chi connectivity index (χ1n) is 13.6. The molecule has 1 aliphatic rings. The second-order valence-corrected chi connectivity index (χ2v) is 10.8. The number of anilines is 2. The highest BCUT2D eigenvalue weighted by Crippen LogP contribution is 2.29. The largest absolute Gasteiger partial charge is 0.494 e. The van der Waals surface area contributed by atoms with E-state index in [-0.39, 0.29) is 11.8 Å². The Balaban J connectivity index is 1.10. The molecule has 5 rings (SSSR count). The van der Waals surface area contributed by atoms with Gasteiger partial charge in [0.05, 0.1) is 13.2 Å². The molecule has 9 heteroatoms. The van der Waals surface area contributed by atoms with Gasteiger partial charge in [-0.25, -0.2) is 0 Å². The second kappa shape index (κ2) is 12.8. The van der Waals surface area contributed by atoms with Gasteiger partial charge in [-0.05, 0) is 75.1 Å². The lowest BCUT2D eigenvalue weighted by Gasteiger charge is -2.30. The second-order valence-electron chi connectivity index (χ2n) is 9.84. The van der Waals surface area contributed by atoms with Gasteiger partial charge in [0.2, 0.25) is 16.2 Å². The molecule has 0 unspecified atom stereocenters. The maximum absolute atomic E-state index is 12.7. The molecular weight excluding hydrogens is 508 g/mol. The summed E-state index contributed by atoms with van der Waals surface area (Å²) in [5, 5.41) is 17.3. The van der Waals surface area contributed by atoms with Gasteiger partial charge in [0, 0.05) is 43.1 Å². The van der Waals surface area contributed by atoms with Crippen LogP contribution in [0.4, 0.5) is 10.8 Å². The molecule has 0 aliphatic carbocycles. The summed E-state index contributed by atoms with van der Waals surface area (Å²) < 4.78 is 7.60. The van der Waals surface area contributed by atoms with Crippen molar-refractivity contribution in [2.24, 2.45) is 5.92 Å². The van der Waals surface area contributed by atoms with Crippen molar-refractivity contribution in [3.8, 4) is 10.9 Å². The van der Waals surface area contributed by atoms with E-state index < -0.39 is 0 Å². The maximum atomic E-state index is 12.7. The van der Waals surface area contributed by atoms with Crippen molar-refractivity contribution in [3.63, 3.8) is 0 Å². The number of aryl methyl sites for hydroxylation is 1. The Bertz CT molecular complexity index is 1340. The molecule has 2 aromatic heterocycles. The highest BCUT2D eigenvalue weighted by atomic mass is 32.1. The average molecular weight is 545 g/mol. The minimum atomic E-state index is 0.0522. The number of nitrogens with zero attached hydrogens (tertiary/aromatic N) is 4. The van der Waals surface area contributed by atoms with Crippen LogP contribution in [0.5, 0.6) is 5.75 Å². The molecule has 204 valence electrons. The number of nitrogens with one attached hydrogen (secondary N) is 2. The minimum absolute atomic E-state index is 0.0522. The van der Waals surface area contributed by atoms with Crippen LogP contribution in [0.2, 0.25) is 0 Å². The summed E-state index contributed by atoms with van der Waals surface area (Å²) in [5.41, 5.74) is 4.64. The first-order valence-corrected chi connectivity index (χ1v) is 14.5. The number of carbonyl (C=O) groups excluding carboxylic acids is 1. The van der Waals surface area contributed by atoms with Gasteiger partial charge in [-0.15, -0.1) is 10.2 Å². The Morgan fingerprint density at radius 3 is 2.51 bits per heavy atom. The van der Waals surface area contributed by atoms with Gasteiger partial charge >= 0.3 is 0 Å². The SMILES string of the molecule is CCOc1ccc(NCc2cccn2-c2nnc(N3CCC(C(=O)NCCc4ccc(C)cc4)CC3)s2)cc1. The van der Waals surface area contributed by atoms with E-state index in [0.717, 1.165) is 59.7 Å². The Hall–Kier alpha value is -3.85. The fraction of sp³-hybridized carbons (Fsp3) is 0.367. The van der Waals surface area contributed by atoms with E-state index in [9.17, 15) is 4.79 Å². The fourth-order valence-electron chi connectivity index (χ4n) is 4.77. The van der Waals surface area contributed by atoms with E-state index in [1.165, 1.54) is 11.1 Å². The number of piperidine rings is 1. The van der Waals surface area contributed by atoms with E-state index in [0.29, 0.717) is 19.7 Å². The van der Waals surface area contributed by atoms with Crippen LogP contribution in [0.15, 0.2) is 66.9 Å². The zero-order valence-corrected chi connectivity index (χ0v) is 23.4. The number of benzene rings is 2. The van der Waals surface area contributed by atoms with Gasteiger partial charge in [-0.2, -0.15) is 0 Å². The third-order valence-corrected chi connectivity index (χ3v) is 8.04. The van der Waals surface area contributed by atoms with Crippen molar-refractivity contribution in [1.82, 2.24) is 20.1 Å². The number of hydrogen-bond acceptors (Lipinski definition) is 7. The summed E-state index contributed by atoms with van der Waals surface area (Å²) in [6.07, 6.45) is 4.53. The van der Waals surface area contributed by atoms with Crippen molar-refractivity contribution in [3.05, 3.63) is 83.7 Å². The molecular formula is C30H36N6O2S. The molecule has 2 aromatic carbocycles. The zero-order valence-electron chi connectivity index (χ0n) is 22.6. The van der Waals surface area contributed by atoms with Crippen LogP contribution in [0, 0.1) is 12.8 Å². The monoisotopic (exact) mass is 544 g/mol. The van der Waals surface area contributed by atoms with Crippen LogP contribution in [-0.4, -0.2) is 46.9 Å². The molecule has 0 radical (unpaired) electrons. The molecule has 1 saturated heterocycles. The summed E-state index contributed by atoms with van der Waals surface area (Å²) in [6, 6.07) is 20.6. The van der Waals surface area contributed by atoms with Crippen LogP contribution in [-0.2, 0) is 17.8 Å². The van der Waals surface area contributed by atoms with Crippen LogP contribution >= 0.6 is 11.3 Å². The van der Waals surface area contributed by atoms with Gasteiger partial charge in [0.1, 0.15) is 5.75 Å².